The third kappa shape index (κ3) is 2.17. The molecule has 2 N–H and O–H groups in total. The summed E-state index contributed by atoms with van der Waals surface area (Å²) in [6.07, 6.45) is -4.45. The average Bonchev–Trinajstić information content (AvgIpc) is 2.81. The molecule has 0 unspecified atom stereocenters. The van der Waals surface area contributed by atoms with Gasteiger partial charge in [0, 0.05) is 5.92 Å². The van der Waals surface area contributed by atoms with E-state index >= 15 is 0 Å². The van der Waals surface area contributed by atoms with Gasteiger partial charge in [0.2, 0.25) is 5.91 Å². The van der Waals surface area contributed by atoms with Crippen molar-refractivity contribution in [3.63, 3.8) is 0 Å². The fourth-order valence-corrected chi connectivity index (χ4v) is 2.85. The molecule has 1 aliphatic rings. The minimum Gasteiger partial charge on any atom is -0.369 e. The highest BCUT2D eigenvalue weighted by atomic mass is 35.5. The van der Waals surface area contributed by atoms with Crippen molar-refractivity contribution in [2.45, 2.75) is 16.4 Å². The van der Waals surface area contributed by atoms with Gasteiger partial charge in [0.05, 0.1) is 11.5 Å². The smallest absolute Gasteiger partial charge is 0.369 e. The predicted octanol–water partition coefficient (Wildman–Crippen LogP) is 3.08. The number of primary amides is 1. The summed E-state index contributed by atoms with van der Waals surface area (Å²) >= 11 is 11.7. The second-order valence-corrected chi connectivity index (χ2v) is 5.60. The fourth-order valence-electron chi connectivity index (χ4n) is 2.00. The zero-order chi connectivity index (χ0) is 13.7. The molecule has 0 radical (unpaired) electrons. The summed E-state index contributed by atoms with van der Waals surface area (Å²) in [5.74, 6) is -2.27. The van der Waals surface area contributed by atoms with E-state index in [1.54, 1.807) is 0 Å². The van der Waals surface area contributed by atoms with Gasteiger partial charge in [-0.1, -0.05) is 18.2 Å². The number of amides is 1. The van der Waals surface area contributed by atoms with Crippen LogP contribution in [-0.2, 0) is 11.0 Å². The van der Waals surface area contributed by atoms with Crippen LogP contribution < -0.4 is 5.73 Å². The summed E-state index contributed by atoms with van der Waals surface area (Å²) in [6, 6.07) is 4.57. The van der Waals surface area contributed by atoms with E-state index in [0.717, 1.165) is 12.1 Å². The minimum absolute atomic E-state index is 0.263. The van der Waals surface area contributed by atoms with E-state index in [9.17, 15) is 18.0 Å². The van der Waals surface area contributed by atoms with Gasteiger partial charge >= 0.3 is 6.18 Å². The van der Waals surface area contributed by atoms with Crippen LogP contribution in [0.4, 0.5) is 13.2 Å². The Bertz CT molecular complexity index is 501. The number of alkyl halides is 5. The maximum absolute atomic E-state index is 12.5. The van der Waals surface area contributed by atoms with Gasteiger partial charge in [0.25, 0.3) is 0 Å². The molecule has 1 amide bonds. The minimum atomic E-state index is -4.45. The van der Waals surface area contributed by atoms with E-state index in [2.05, 4.69) is 0 Å². The monoisotopic (exact) mass is 297 g/mol. The van der Waals surface area contributed by atoms with Crippen molar-refractivity contribution < 1.29 is 18.0 Å². The van der Waals surface area contributed by atoms with Crippen LogP contribution in [0.2, 0.25) is 0 Å². The Morgan fingerprint density at radius 2 is 1.94 bits per heavy atom. The fraction of sp³-hybridized carbons (Fsp3) is 0.364. The Morgan fingerprint density at radius 1 is 1.33 bits per heavy atom. The highest BCUT2D eigenvalue weighted by molar-refractivity contribution is 6.53. The molecule has 1 fully saturated rings. The summed E-state index contributed by atoms with van der Waals surface area (Å²) in [7, 11) is 0. The standard InChI is InChI=1S/C11H8Cl2F3NO/c12-10(13)7(8(10)9(17)18)5-2-1-3-6(4-5)11(14,15)16/h1-4,7-8H,(H2,17,18)/t7-,8+/m0/s1. The van der Waals surface area contributed by atoms with Gasteiger partial charge < -0.3 is 5.73 Å². The van der Waals surface area contributed by atoms with E-state index in [-0.39, 0.29) is 5.56 Å². The highest BCUT2D eigenvalue weighted by Gasteiger charge is 2.67. The van der Waals surface area contributed by atoms with Crippen molar-refractivity contribution in [1.29, 1.82) is 0 Å². The van der Waals surface area contributed by atoms with Gasteiger partial charge in [0.15, 0.2) is 0 Å². The average molecular weight is 298 g/mol. The summed E-state index contributed by atoms with van der Waals surface area (Å²) in [4.78, 5) is 11.1. The lowest BCUT2D eigenvalue weighted by molar-refractivity contribution is -0.137. The first-order valence-corrected chi connectivity index (χ1v) is 5.75. The number of rotatable bonds is 2. The van der Waals surface area contributed by atoms with Gasteiger partial charge in [-0.3, -0.25) is 4.79 Å². The zero-order valence-electron chi connectivity index (χ0n) is 8.84. The van der Waals surface area contributed by atoms with Crippen LogP contribution in [0, 0.1) is 5.92 Å². The molecule has 98 valence electrons. The van der Waals surface area contributed by atoms with Crippen LogP contribution in [0.1, 0.15) is 17.0 Å². The van der Waals surface area contributed by atoms with Gasteiger partial charge in [-0.2, -0.15) is 13.2 Å². The highest BCUT2D eigenvalue weighted by Crippen LogP contribution is 2.64. The molecule has 1 aromatic carbocycles. The van der Waals surface area contributed by atoms with E-state index in [1.165, 1.54) is 12.1 Å². The molecular formula is C11H8Cl2F3NO. The normalized spacial score (nSPS) is 25.8. The van der Waals surface area contributed by atoms with Crippen molar-refractivity contribution in [1.82, 2.24) is 0 Å². The van der Waals surface area contributed by atoms with Crippen LogP contribution in [0.15, 0.2) is 24.3 Å². The van der Waals surface area contributed by atoms with Crippen LogP contribution >= 0.6 is 23.2 Å². The van der Waals surface area contributed by atoms with E-state index in [1.807, 2.05) is 0 Å². The van der Waals surface area contributed by atoms with E-state index < -0.39 is 33.8 Å². The second kappa shape index (κ2) is 4.03. The molecule has 0 saturated heterocycles. The number of carbonyl (C=O) groups excluding carboxylic acids is 1. The lowest BCUT2D eigenvalue weighted by atomic mass is 10.1. The lowest BCUT2D eigenvalue weighted by Crippen LogP contribution is -2.16. The van der Waals surface area contributed by atoms with E-state index in [4.69, 9.17) is 28.9 Å². The third-order valence-corrected chi connectivity index (χ3v) is 3.87. The summed E-state index contributed by atoms with van der Waals surface area (Å²) in [6.45, 7) is 0. The van der Waals surface area contributed by atoms with Crippen LogP contribution in [-0.4, -0.2) is 10.2 Å². The molecule has 0 aliphatic heterocycles. The third-order valence-electron chi connectivity index (χ3n) is 2.93. The summed E-state index contributed by atoms with van der Waals surface area (Å²) in [5.41, 5.74) is 4.55. The first-order chi connectivity index (χ1) is 8.15. The number of halogens is 5. The van der Waals surface area contributed by atoms with Crippen molar-refractivity contribution in [3.05, 3.63) is 35.4 Å². The van der Waals surface area contributed by atoms with Crippen molar-refractivity contribution >= 4 is 29.1 Å². The Hall–Kier alpha value is -0.940. The summed E-state index contributed by atoms with van der Waals surface area (Å²) in [5, 5.41) is 0. The molecule has 2 rings (SSSR count). The Balaban J connectivity index is 2.34. The molecule has 18 heavy (non-hydrogen) atoms. The Morgan fingerprint density at radius 3 is 2.39 bits per heavy atom. The molecule has 7 heteroatoms. The van der Waals surface area contributed by atoms with Gasteiger partial charge in [-0.15, -0.1) is 23.2 Å². The van der Waals surface area contributed by atoms with Gasteiger partial charge in [-0.25, -0.2) is 0 Å². The molecule has 2 atom stereocenters. The predicted molar refractivity (Wildman–Crippen MR) is 61.3 cm³/mol. The number of hydrogen-bond donors (Lipinski definition) is 1. The molecule has 1 saturated carbocycles. The molecule has 0 heterocycles. The van der Waals surface area contributed by atoms with Crippen LogP contribution in [0.5, 0.6) is 0 Å². The molecule has 0 aromatic heterocycles. The number of nitrogens with two attached hydrogens (primary N) is 1. The molecule has 2 nitrogen and oxygen atoms in total. The number of benzene rings is 1. The topological polar surface area (TPSA) is 43.1 Å². The van der Waals surface area contributed by atoms with Crippen molar-refractivity contribution in [3.8, 4) is 0 Å². The number of carbonyl (C=O) groups is 1. The summed E-state index contributed by atoms with van der Waals surface area (Å²) < 4.78 is 36.2. The van der Waals surface area contributed by atoms with Gasteiger partial charge in [-0.05, 0) is 11.6 Å². The zero-order valence-corrected chi connectivity index (χ0v) is 10.4. The SMILES string of the molecule is NC(=O)[C@H]1[C@H](c2cccc(C(F)(F)F)c2)C1(Cl)Cl. The van der Waals surface area contributed by atoms with Crippen molar-refractivity contribution in [2.24, 2.45) is 11.7 Å². The molecule has 0 bridgehead atoms. The largest absolute Gasteiger partial charge is 0.416 e. The van der Waals surface area contributed by atoms with Crippen molar-refractivity contribution in [2.75, 3.05) is 0 Å². The second-order valence-electron chi connectivity index (χ2n) is 4.16. The maximum Gasteiger partial charge on any atom is 0.416 e. The van der Waals surface area contributed by atoms with Crippen LogP contribution in [0.3, 0.4) is 0 Å². The molecule has 1 aliphatic carbocycles. The number of hydrogen-bond acceptors (Lipinski definition) is 1. The van der Waals surface area contributed by atoms with Gasteiger partial charge in [0.1, 0.15) is 4.33 Å². The first-order valence-electron chi connectivity index (χ1n) is 5.00. The molecule has 0 spiro atoms. The quantitative estimate of drug-likeness (QED) is 0.838. The lowest BCUT2D eigenvalue weighted by Gasteiger charge is -2.08. The molecule has 1 aromatic rings. The van der Waals surface area contributed by atoms with E-state index in [0.29, 0.717) is 0 Å². The Kier molecular flexibility index (Phi) is 3.02. The first kappa shape index (κ1) is 13.5. The molecular weight excluding hydrogens is 290 g/mol. The Labute approximate surface area is 111 Å². The van der Waals surface area contributed by atoms with Crippen LogP contribution in [0.25, 0.3) is 0 Å². The maximum atomic E-state index is 12.5.